The van der Waals surface area contributed by atoms with Crippen LogP contribution < -0.4 is 0 Å². The Labute approximate surface area is 138 Å². The summed E-state index contributed by atoms with van der Waals surface area (Å²) < 4.78 is 10.1. The summed E-state index contributed by atoms with van der Waals surface area (Å²) in [6, 6.07) is 0. The molecule has 0 spiro atoms. The van der Waals surface area contributed by atoms with Gasteiger partial charge in [-0.1, -0.05) is 45.7 Å². The van der Waals surface area contributed by atoms with Crippen LogP contribution in [0.1, 0.15) is 52.4 Å². The lowest BCUT2D eigenvalue weighted by Crippen LogP contribution is -2.10. The highest BCUT2D eigenvalue weighted by atomic mass is 79.9. The summed E-state index contributed by atoms with van der Waals surface area (Å²) in [6.07, 6.45) is 3.87. The van der Waals surface area contributed by atoms with Crippen molar-refractivity contribution < 1.29 is 19.1 Å². The number of halogens is 2. The maximum Gasteiger partial charge on any atom is 0.305 e. The van der Waals surface area contributed by atoms with Gasteiger partial charge in [0.15, 0.2) is 0 Å². The van der Waals surface area contributed by atoms with Gasteiger partial charge in [0, 0.05) is 22.5 Å². The van der Waals surface area contributed by atoms with E-state index in [2.05, 4.69) is 31.9 Å². The summed E-state index contributed by atoms with van der Waals surface area (Å²) in [7, 11) is 0. The quantitative estimate of drug-likeness (QED) is 0.291. The highest BCUT2D eigenvalue weighted by molar-refractivity contribution is 9.09. The molecule has 0 amide bonds. The third kappa shape index (κ3) is 14.3. The van der Waals surface area contributed by atoms with Crippen molar-refractivity contribution in [3.8, 4) is 0 Å². The standard InChI is InChI=1S/C14H24Br2O4/c1-11(15)5-7-13(17)19-9-3-4-10-20-14(18)8-6-12(2)16/h11-12H,3-10H2,1-2H3. The van der Waals surface area contributed by atoms with Crippen LogP contribution in [-0.4, -0.2) is 34.8 Å². The van der Waals surface area contributed by atoms with Gasteiger partial charge in [0.2, 0.25) is 0 Å². The minimum absolute atomic E-state index is 0.167. The van der Waals surface area contributed by atoms with Crippen LogP contribution in [0.3, 0.4) is 0 Å². The highest BCUT2D eigenvalue weighted by Gasteiger charge is 2.06. The van der Waals surface area contributed by atoms with Crippen molar-refractivity contribution >= 4 is 43.8 Å². The first-order valence-electron chi connectivity index (χ1n) is 7.01. The molecular weight excluding hydrogens is 392 g/mol. The Morgan fingerprint density at radius 3 is 1.50 bits per heavy atom. The van der Waals surface area contributed by atoms with Crippen LogP contribution in [0.25, 0.3) is 0 Å². The van der Waals surface area contributed by atoms with Crippen molar-refractivity contribution in [1.29, 1.82) is 0 Å². The van der Waals surface area contributed by atoms with E-state index in [0.717, 1.165) is 25.7 Å². The van der Waals surface area contributed by atoms with Gasteiger partial charge in [0.05, 0.1) is 13.2 Å². The Morgan fingerprint density at radius 2 is 1.20 bits per heavy atom. The molecule has 4 nitrogen and oxygen atoms in total. The largest absolute Gasteiger partial charge is 0.466 e. The molecule has 0 aliphatic carbocycles. The van der Waals surface area contributed by atoms with Crippen molar-refractivity contribution in [1.82, 2.24) is 0 Å². The molecule has 0 aromatic carbocycles. The second-order valence-electron chi connectivity index (χ2n) is 4.79. The number of esters is 2. The van der Waals surface area contributed by atoms with Gasteiger partial charge < -0.3 is 9.47 Å². The second-order valence-corrected chi connectivity index (χ2v) is 7.91. The molecule has 0 N–H and O–H groups in total. The number of hydrogen-bond acceptors (Lipinski definition) is 4. The number of rotatable bonds is 11. The van der Waals surface area contributed by atoms with E-state index in [0.29, 0.717) is 35.7 Å². The van der Waals surface area contributed by atoms with Crippen LogP contribution >= 0.6 is 31.9 Å². The fourth-order valence-corrected chi connectivity index (χ4v) is 1.81. The molecule has 0 aliphatic heterocycles. The molecule has 0 bridgehead atoms. The third-order valence-corrected chi connectivity index (χ3v) is 3.47. The van der Waals surface area contributed by atoms with Crippen LogP contribution in [0.5, 0.6) is 0 Å². The van der Waals surface area contributed by atoms with E-state index < -0.39 is 0 Å². The lowest BCUT2D eigenvalue weighted by atomic mass is 10.2. The number of carbonyl (C=O) groups is 2. The van der Waals surface area contributed by atoms with E-state index in [4.69, 9.17) is 9.47 Å². The van der Waals surface area contributed by atoms with E-state index in [1.165, 1.54) is 0 Å². The van der Waals surface area contributed by atoms with Crippen molar-refractivity contribution in [2.45, 2.75) is 62.0 Å². The predicted octanol–water partition coefficient (Wildman–Crippen LogP) is 3.98. The number of carbonyl (C=O) groups excluding carboxylic acids is 2. The molecule has 0 saturated heterocycles. The summed E-state index contributed by atoms with van der Waals surface area (Å²) in [5.74, 6) is -0.334. The molecule has 6 heteroatoms. The van der Waals surface area contributed by atoms with Gasteiger partial charge in [-0.05, 0) is 25.7 Å². The summed E-state index contributed by atoms with van der Waals surface area (Å²) in [5, 5.41) is 0. The van der Waals surface area contributed by atoms with Gasteiger partial charge in [-0.25, -0.2) is 0 Å². The van der Waals surface area contributed by atoms with Crippen LogP contribution in [0.4, 0.5) is 0 Å². The average molecular weight is 416 g/mol. The first kappa shape index (κ1) is 19.9. The minimum atomic E-state index is -0.167. The second kappa shape index (κ2) is 12.6. The van der Waals surface area contributed by atoms with Gasteiger partial charge >= 0.3 is 11.9 Å². The smallest absolute Gasteiger partial charge is 0.305 e. The van der Waals surface area contributed by atoms with Crippen LogP contribution in [0.2, 0.25) is 0 Å². The SMILES string of the molecule is CC(Br)CCC(=O)OCCCCOC(=O)CCC(C)Br. The van der Waals surface area contributed by atoms with Gasteiger partial charge in [0.1, 0.15) is 0 Å². The maximum atomic E-state index is 11.3. The van der Waals surface area contributed by atoms with Gasteiger partial charge in [-0.3, -0.25) is 9.59 Å². The molecule has 0 aromatic heterocycles. The van der Waals surface area contributed by atoms with Gasteiger partial charge in [0.25, 0.3) is 0 Å². The Kier molecular flexibility index (Phi) is 12.6. The molecule has 2 unspecified atom stereocenters. The number of unbranched alkanes of at least 4 members (excludes halogenated alkanes) is 1. The summed E-state index contributed by atoms with van der Waals surface area (Å²) in [4.78, 5) is 23.3. The molecule has 0 heterocycles. The van der Waals surface area contributed by atoms with E-state index in [-0.39, 0.29) is 11.9 Å². The molecule has 0 aromatic rings. The van der Waals surface area contributed by atoms with Crippen molar-refractivity contribution in [2.24, 2.45) is 0 Å². The van der Waals surface area contributed by atoms with Crippen LogP contribution in [-0.2, 0) is 19.1 Å². The number of ether oxygens (including phenoxy) is 2. The Morgan fingerprint density at radius 1 is 0.850 bits per heavy atom. The van der Waals surface area contributed by atoms with Crippen LogP contribution in [0.15, 0.2) is 0 Å². The topological polar surface area (TPSA) is 52.6 Å². The first-order valence-corrected chi connectivity index (χ1v) is 8.84. The zero-order chi connectivity index (χ0) is 15.4. The minimum Gasteiger partial charge on any atom is -0.466 e. The number of alkyl halides is 2. The maximum absolute atomic E-state index is 11.3. The third-order valence-electron chi connectivity index (χ3n) is 2.56. The fourth-order valence-electron chi connectivity index (χ4n) is 1.35. The Hall–Kier alpha value is -0.100. The molecular formula is C14H24Br2O4. The molecule has 0 fully saturated rings. The van der Waals surface area contributed by atoms with E-state index in [1.54, 1.807) is 0 Å². The normalized spacial score (nSPS) is 13.6. The lowest BCUT2D eigenvalue weighted by Gasteiger charge is -2.07. The zero-order valence-corrected chi connectivity index (χ0v) is 15.4. The zero-order valence-electron chi connectivity index (χ0n) is 12.2. The van der Waals surface area contributed by atoms with Crippen LogP contribution in [0, 0.1) is 0 Å². The average Bonchev–Trinajstić information content (AvgIpc) is 2.37. The monoisotopic (exact) mass is 414 g/mol. The first-order chi connectivity index (χ1) is 9.41. The highest BCUT2D eigenvalue weighted by Crippen LogP contribution is 2.08. The number of hydrogen-bond donors (Lipinski definition) is 0. The molecule has 0 rings (SSSR count). The van der Waals surface area contributed by atoms with Gasteiger partial charge in [-0.15, -0.1) is 0 Å². The van der Waals surface area contributed by atoms with Crippen molar-refractivity contribution in [3.63, 3.8) is 0 Å². The van der Waals surface area contributed by atoms with Gasteiger partial charge in [-0.2, -0.15) is 0 Å². The fraction of sp³-hybridized carbons (Fsp3) is 0.857. The Balaban J connectivity index is 3.35. The lowest BCUT2D eigenvalue weighted by molar-refractivity contribution is -0.146. The molecule has 20 heavy (non-hydrogen) atoms. The molecule has 2 atom stereocenters. The van der Waals surface area contributed by atoms with Crippen molar-refractivity contribution in [3.05, 3.63) is 0 Å². The molecule has 0 radical (unpaired) electrons. The van der Waals surface area contributed by atoms with E-state index >= 15 is 0 Å². The molecule has 0 saturated carbocycles. The summed E-state index contributed by atoms with van der Waals surface area (Å²) in [5.41, 5.74) is 0. The predicted molar refractivity (Wildman–Crippen MR) is 86.4 cm³/mol. The summed E-state index contributed by atoms with van der Waals surface area (Å²) in [6.45, 7) is 4.78. The molecule has 0 aliphatic rings. The van der Waals surface area contributed by atoms with E-state index in [9.17, 15) is 9.59 Å². The van der Waals surface area contributed by atoms with E-state index in [1.807, 2.05) is 13.8 Å². The van der Waals surface area contributed by atoms with Crippen molar-refractivity contribution in [2.75, 3.05) is 13.2 Å². The Bertz CT molecular complexity index is 252. The molecule has 118 valence electrons. The summed E-state index contributed by atoms with van der Waals surface area (Å²) >= 11 is 6.76.